The first-order valence-electron chi connectivity index (χ1n) is 13.4. The van der Waals surface area contributed by atoms with Gasteiger partial charge in [0, 0.05) is 17.4 Å². The third-order valence-electron chi connectivity index (χ3n) is 7.08. The van der Waals surface area contributed by atoms with Crippen LogP contribution in [0.2, 0.25) is 0 Å². The summed E-state index contributed by atoms with van der Waals surface area (Å²) in [6, 6.07) is 8.67. The molecule has 1 saturated heterocycles. The van der Waals surface area contributed by atoms with Crippen LogP contribution in [-0.4, -0.2) is 71.2 Å². The summed E-state index contributed by atoms with van der Waals surface area (Å²) in [6.45, 7) is 17.8. The van der Waals surface area contributed by atoms with Crippen molar-refractivity contribution in [3.63, 3.8) is 0 Å². The van der Waals surface area contributed by atoms with Crippen LogP contribution in [0.3, 0.4) is 0 Å². The molecule has 0 bridgehead atoms. The first-order chi connectivity index (χ1) is 17.5. The van der Waals surface area contributed by atoms with E-state index >= 15 is 0 Å². The van der Waals surface area contributed by atoms with Gasteiger partial charge in [0.1, 0.15) is 12.1 Å². The molecule has 38 heavy (non-hydrogen) atoms. The normalized spacial score (nSPS) is 21.6. The second kappa shape index (κ2) is 12.7. The molecule has 1 aliphatic rings. The molecule has 1 aromatic carbocycles. The fourth-order valence-electron chi connectivity index (χ4n) is 5.02. The topological polar surface area (TPSA) is 79.0 Å². The van der Waals surface area contributed by atoms with Gasteiger partial charge < -0.3 is 15.0 Å². The number of hydrogen-bond donors (Lipinski definition) is 1. The Kier molecular flexibility index (Phi) is 10.7. The maximum Gasteiger partial charge on any atom is 0.333 e. The molecule has 2 amide bonds. The Morgan fingerprint density at radius 1 is 1.18 bits per heavy atom. The van der Waals surface area contributed by atoms with E-state index in [0.717, 1.165) is 5.56 Å². The van der Waals surface area contributed by atoms with E-state index in [-0.39, 0.29) is 33.9 Å². The molecular formula is C30H47N3O4S. The van der Waals surface area contributed by atoms with Gasteiger partial charge in [-0.05, 0) is 51.6 Å². The number of hydrogen-bond acceptors (Lipinski definition) is 6. The molecule has 1 N–H and O–H groups in total. The molecule has 4 atom stereocenters. The lowest BCUT2D eigenvalue weighted by molar-refractivity contribution is -0.141. The Balaban J connectivity index is 2.33. The van der Waals surface area contributed by atoms with Crippen molar-refractivity contribution >= 4 is 29.5 Å². The van der Waals surface area contributed by atoms with Gasteiger partial charge in [-0.1, -0.05) is 71.0 Å². The molecular weight excluding hydrogens is 498 g/mol. The summed E-state index contributed by atoms with van der Waals surface area (Å²) in [4.78, 5) is 43.8. The smallest absolute Gasteiger partial charge is 0.333 e. The summed E-state index contributed by atoms with van der Waals surface area (Å²) in [5.74, 6) is -0.697. The predicted octanol–water partition coefficient (Wildman–Crippen LogP) is 5.03. The zero-order chi connectivity index (χ0) is 29.0. The van der Waals surface area contributed by atoms with E-state index in [1.807, 2.05) is 59.9 Å². The summed E-state index contributed by atoms with van der Waals surface area (Å²) >= 11 is 1.76. The lowest BCUT2D eigenvalue weighted by Gasteiger charge is -2.39. The van der Waals surface area contributed by atoms with Crippen molar-refractivity contribution in [2.24, 2.45) is 11.3 Å². The zero-order valence-electron chi connectivity index (χ0n) is 25.0. The minimum atomic E-state index is -0.748. The summed E-state index contributed by atoms with van der Waals surface area (Å²) in [6.07, 6.45) is 1.79. The quantitative estimate of drug-likeness (QED) is 0.346. The van der Waals surface area contributed by atoms with Crippen LogP contribution in [0.5, 0.6) is 0 Å². The summed E-state index contributed by atoms with van der Waals surface area (Å²) in [5, 5.41) is 3.17. The molecule has 1 fully saturated rings. The van der Waals surface area contributed by atoms with E-state index in [1.165, 1.54) is 0 Å². The molecule has 7 nitrogen and oxygen atoms in total. The van der Waals surface area contributed by atoms with Crippen molar-refractivity contribution in [2.75, 3.05) is 20.7 Å². The molecule has 0 spiro atoms. The van der Waals surface area contributed by atoms with Gasteiger partial charge in [-0.15, -0.1) is 11.8 Å². The van der Waals surface area contributed by atoms with Crippen LogP contribution in [0.1, 0.15) is 73.3 Å². The third kappa shape index (κ3) is 7.41. The number of carbonyl (C=O) groups excluding carboxylic acids is 3. The van der Waals surface area contributed by atoms with Crippen LogP contribution in [0, 0.1) is 11.3 Å². The maximum absolute atomic E-state index is 13.9. The third-order valence-corrected chi connectivity index (χ3v) is 8.74. The Hall–Kier alpha value is -2.32. The van der Waals surface area contributed by atoms with E-state index in [0.29, 0.717) is 12.2 Å². The van der Waals surface area contributed by atoms with Crippen molar-refractivity contribution < 1.29 is 19.1 Å². The van der Waals surface area contributed by atoms with E-state index < -0.39 is 23.5 Å². The fourth-order valence-corrected chi connectivity index (χ4v) is 6.58. The number of ether oxygens (including phenoxy) is 1. The molecule has 0 aliphatic carbocycles. The van der Waals surface area contributed by atoms with Crippen molar-refractivity contribution in [1.82, 2.24) is 15.1 Å². The Morgan fingerprint density at radius 2 is 1.76 bits per heavy atom. The SMILES string of the molecule is CCOC(=O)/C(C)=C/[C@H](C(C)C)N(C)C(=O)C(NC(=O)C1N(C)[C@@H](c2ccccc2)SC1(C)C)C(C)(C)C. The molecule has 0 aromatic heterocycles. The lowest BCUT2D eigenvalue weighted by atomic mass is 9.84. The first kappa shape index (κ1) is 31.9. The van der Waals surface area contributed by atoms with E-state index in [1.54, 1.807) is 43.6 Å². The van der Waals surface area contributed by atoms with Crippen LogP contribution >= 0.6 is 11.8 Å². The predicted molar refractivity (Wildman–Crippen MR) is 156 cm³/mol. The Morgan fingerprint density at radius 3 is 2.26 bits per heavy atom. The first-order valence-corrected chi connectivity index (χ1v) is 14.3. The molecule has 212 valence electrons. The highest BCUT2D eigenvalue weighted by Crippen LogP contribution is 2.51. The van der Waals surface area contributed by atoms with E-state index in [2.05, 4.69) is 36.2 Å². The van der Waals surface area contributed by atoms with E-state index in [4.69, 9.17) is 4.74 Å². The number of amides is 2. The summed E-state index contributed by atoms with van der Waals surface area (Å²) < 4.78 is 4.77. The number of carbonyl (C=O) groups is 3. The molecule has 2 rings (SSSR count). The van der Waals surface area contributed by atoms with Crippen LogP contribution in [0.15, 0.2) is 42.0 Å². The monoisotopic (exact) mass is 545 g/mol. The number of thioether (sulfide) groups is 1. The molecule has 0 radical (unpaired) electrons. The Bertz CT molecular complexity index is 1020. The number of benzene rings is 1. The number of nitrogens with zero attached hydrogens (tertiary/aromatic N) is 2. The highest BCUT2D eigenvalue weighted by molar-refractivity contribution is 8.01. The van der Waals surface area contributed by atoms with Crippen LogP contribution in [0.25, 0.3) is 0 Å². The number of nitrogens with one attached hydrogen (secondary N) is 1. The fraction of sp³-hybridized carbons (Fsp3) is 0.633. The average Bonchev–Trinajstić information content (AvgIpc) is 3.07. The van der Waals surface area contributed by atoms with Gasteiger partial charge in [0.05, 0.1) is 18.0 Å². The van der Waals surface area contributed by atoms with Crippen LogP contribution in [-0.2, 0) is 19.1 Å². The highest BCUT2D eigenvalue weighted by Gasteiger charge is 2.51. The van der Waals surface area contributed by atoms with Crippen molar-refractivity contribution in [1.29, 1.82) is 0 Å². The number of likely N-dealkylation sites (N-methyl/N-ethyl adjacent to an activating group) is 2. The molecule has 2 unspecified atom stereocenters. The highest BCUT2D eigenvalue weighted by atomic mass is 32.2. The average molecular weight is 546 g/mol. The van der Waals surface area contributed by atoms with Crippen molar-refractivity contribution in [3.05, 3.63) is 47.5 Å². The zero-order valence-corrected chi connectivity index (χ0v) is 25.8. The second-order valence-corrected chi connectivity index (χ2v) is 13.8. The van der Waals surface area contributed by atoms with Crippen molar-refractivity contribution in [2.45, 2.75) is 90.6 Å². The van der Waals surface area contributed by atoms with Gasteiger partial charge in [-0.2, -0.15) is 0 Å². The second-order valence-electron chi connectivity index (χ2n) is 12.1. The van der Waals surface area contributed by atoms with Crippen molar-refractivity contribution in [3.8, 4) is 0 Å². The summed E-state index contributed by atoms with van der Waals surface area (Å²) in [5.41, 5.74) is 1.07. The van der Waals surface area contributed by atoms with Gasteiger partial charge in [-0.3, -0.25) is 14.5 Å². The molecule has 1 aliphatic heterocycles. The minimum absolute atomic E-state index is 0.0368. The minimum Gasteiger partial charge on any atom is -0.463 e. The van der Waals surface area contributed by atoms with E-state index in [9.17, 15) is 14.4 Å². The van der Waals surface area contributed by atoms with Gasteiger partial charge in [0.2, 0.25) is 11.8 Å². The van der Waals surface area contributed by atoms with Crippen LogP contribution in [0.4, 0.5) is 0 Å². The largest absolute Gasteiger partial charge is 0.463 e. The molecule has 8 heteroatoms. The lowest BCUT2D eigenvalue weighted by Crippen LogP contribution is -2.60. The standard InChI is InChI=1S/C30H47N3O4S/c1-12-37-28(36)20(4)18-22(19(2)3)32(10)26(35)23(29(5,6)7)31-25(34)24-30(8,9)38-27(33(24)11)21-16-14-13-15-17-21/h13-19,22-24,27H,12H2,1-11H3,(H,31,34)/b20-18+/t22-,23?,24?,27-/m1/s1. The molecule has 0 saturated carbocycles. The number of esters is 1. The van der Waals surface area contributed by atoms with Gasteiger partial charge in [-0.25, -0.2) is 4.79 Å². The van der Waals surface area contributed by atoms with Gasteiger partial charge in [0.25, 0.3) is 0 Å². The molecule has 1 aromatic rings. The van der Waals surface area contributed by atoms with Crippen LogP contribution < -0.4 is 5.32 Å². The van der Waals surface area contributed by atoms with Gasteiger partial charge in [0.15, 0.2) is 0 Å². The Labute approximate surface area is 233 Å². The number of rotatable bonds is 9. The van der Waals surface area contributed by atoms with Gasteiger partial charge >= 0.3 is 5.97 Å². The molecule has 1 heterocycles. The maximum atomic E-state index is 13.9. The summed E-state index contributed by atoms with van der Waals surface area (Å²) in [7, 11) is 3.71.